The van der Waals surface area contributed by atoms with Crippen LogP contribution in [-0.2, 0) is 27.1 Å². The van der Waals surface area contributed by atoms with Crippen LogP contribution in [0.2, 0.25) is 0 Å². The van der Waals surface area contributed by atoms with Gasteiger partial charge < -0.3 is 19.3 Å². The van der Waals surface area contributed by atoms with Crippen LogP contribution in [0.1, 0.15) is 24.2 Å². The van der Waals surface area contributed by atoms with E-state index in [0.717, 1.165) is 15.6 Å². The number of aliphatic hydroxyl groups is 1. The van der Waals surface area contributed by atoms with E-state index in [0.29, 0.717) is 0 Å². The molecule has 0 spiro atoms. The number of aryl methyl sites for hydroxylation is 1. The van der Waals surface area contributed by atoms with Crippen molar-refractivity contribution in [2.24, 2.45) is 13.0 Å². The van der Waals surface area contributed by atoms with Crippen LogP contribution < -0.4 is 9.46 Å². The molecular weight excluding hydrogens is 566 g/mol. The van der Waals surface area contributed by atoms with Gasteiger partial charge in [-0.3, -0.25) is 9.52 Å². The first-order valence-electron chi connectivity index (χ1n) is 12.1. The summed E-state index contributed by atoms with van der Waals surface area (Å²) in [6, 6.07) is 6.90. The molecule has 1 aliphatic heterocycles. The van der Waals surface area contributed by atoms with Gasteiger partial charge in [-0.2, -0.15) is 4.31 Å². The Morgan fingerprint density at radius 2 is 2.03 bits per heavy atom. The number of anilines is 1. The highest BCUT2D eigenvalue weighted by Gasteiger charge is 2.36. The second-order valence-corrected chi connectivity index (χ2v) is 14.4. The summed E-state index contributed by atoms with van der Waals surface area (Å²) >= 11 is 1.06. The second kappa shape index (κ2) is 11.3. The van der Waals surface area contributed by atoms with Crippen LogP contribution in [0.4, 0.5) is 5.69 Å². The zero-order valence-corrected chi connectivity index (χ0v) is 24.3. The maximum atomic E-state index is 13.6. The van der Waals surface area contributed by atoms with E-state index in [2.05, 4.69) is 9.71 Å². The average molecular weight is 598 g/mol. The number of benzene rings is 1. The maximum Gasteiger partial charge on any atom is 0.271 e. The molecule has 0 bridgehead atoms. The molecule has 4 rings (SSSR count). The highest BCUT2D eigenvalue weighted by atomic mass is 32.2. The van der Waals surface area contributed by atoms with Crippen molar-refractivity contribution in [2.75, 3.05) is 31.5 Å². The lowest BCUT2D eigenvalue weighted by molar-refractivity contribution is 0.0387. The third kappa shape index (κ3) is 6.11. The van der Waals surface area contributed by atoms with Gasteiger partial charge in [0.25, 0.3) is 26.0 Å². The number of likely N-dealkylation sites (N-methyl/N-ethyl adjacent to an activating group) is 1. The number of thiophene rings is 1. The molecule has 2 aromatic heterocycles. The Labute approximate surface area is 231 Å². The molecule has 2 N–H and O–H groups in total. The van der Waals surface area contributed by atoms with E-state index in [4.69, 9.17) is 4.74 Å². The normalized spacial score (nSPS) is 19.2. The SMILES string of the molecule is C[C@@H]1CN([C@@H](C)CO)C(=O)c2cc(NS(=O)(=O)c3cccs3)ccc2O[C@H]1CN(C)S(=O)(=O)c1cn(C)cn1. The summed E-state index contributed by atoms with van der Waals surface area (Å²) in [7, 11) is -4.66. The molecule has 3 aromatic rings. The Bertz CT molecular complexity index is 1540. The first-order valence-corrected chi connectivity index (χ1v) is 15.9. The van der Waals surface area contributed by atoms with Gasteiger partial charge in [0.1, 0.15) is 16.1 Å². The van der Waals surface area contributed by atoms with Gasteiger partial charge in [0.15, 0.2) is 5.03 Å². The van der Waals surface area contributed by atoms with E-state index < -0.39 is 38.1 Å². The minimum absolute atomic E-state index is 0.0399. The van der Waals surface area contributed by atoms with E-state index in [1.54, 1.807) is 25.4 Å². The molecule has 12 nitrogen and oxygen atoms in total. The molecule has 3 atom stereocenters. The number of carbonyl (C=O) groups excluding carboxylic acids is 1. The molecule has 1 aromatic carbocycles. The third-order valence-corrected chi connectivity index (χ3v) is 11.0. The van der Waals surface area contributed by atoms with Gasteiger partial charge in [0, 0.05) is 38.4 Å². The van der Waals surface area contributed by atoms with Crippen LogP contribution in [0.3, 0.4) is 0 Å². The van der Waals surface area contributed by atoms with Crippen molar-refractivity contribution in [3.63, 3.8) is 0 Å². The minimum Gasteiger partial charge on any atom is -0.488 e. The predicted molar refractivity (Wildman–Crippen MR) is 146 cm³/mol. The number of hydrogen-bond donors (Lipinski definition) is 2. The number of imidazole rings is 1. The smallest absolute Gasteiger partial charge is 0.271 e. The average Bonchev–Trinajstić information content (AvgIpc) is 3.59. The summed E-state index contributed by atoms with van der Waals surface area (Å²) in [5.74, 6) is -0.590. The van der Waals surface area contributed by atoms with Crippen LogP contribution in [-0.4, -0.2) is 85.5 Å². The van der Waals surface area contributed by atoms with Gasteiger partial charge in [-0.1, -0.05) is 13.0 Å². The first-order chi connectivity index (χ1) is 18.3. The fraction of sp³-hybridized carbons (Fsp3) is 0.417. The lowest BCUT2D eigenvalue weighted by Gasteiger charge is -2.38. The van der Waals surface area contributed by atoms with Crippen molar-refractivity contribution < 1.29 is 31.5 Å². The molecule has 0 aliphatic carbocycles. The molecule has 0 fully saturated rings. The maximum absolute atomic E-state index is 13.6. The fourth-order valence-corrected chi connectivity index (χ4v) is 7.34. The Kier molecular flexibility index (Phi) is 8.37. The Hall–Kier alpha value is -2.98. The lowest BCUT2D eigenvalue weighted by Crippen LogP contribution is -2.50. The number of fused-ring (bicyclic) bond motifs is 1. The summed E-state index contributed by atoms with van der Waals surface area (Å²) < 4.78 is 63.2. The van der Waals surface area contributed by atoms with Crippen LogP contribution in [0.5, 0.6) is 5.75 Å². The summed E-state index contributed by atoms with van der Waals surface area (Å²) in [5.41, 5.74) is 0.254. The standard InChI is InChI=1S/C24H31N5O7S3/c1-16-11-29(17(2)14-30)24(31)19-10-18(26-38(32,33)23-6-5-9-37-23)7-8-20(19)36-21(16)12-28(4)39(34,35)22-13-27(3)15-25-22/h5-10,13,15-17,21,26,30H,11-12,14H2,1-4H3/t16-,17+,21+/m1/s1. The van der Waals surface area contributed by atoms with Gasteiger partial charge in [-0.25, -0.2) is 21.8 Å². The topological polar surface area (TPSA) is 151 Å². The number of nitrogens with one attached hydrogen (secondary N) is 1. The van der Waals surface area contributed by atoms with Gasteiger partial charge in [0.2, 0.25) is 0 Å². The van der Waals surface area contributed by atoms with Crippen molar-refractivity contribution in [2.45, 2.75) is 35.2 Å². The fourth-order valence-electron chi connectivity index (χ4n) is 4.16. The van der Waals surface area contributed by atoms with Crippen LogP contribution in [0.15, 0.2) is 57.5 Å². The summed E-state index contributed by atoms with van der Waals surface area (Å²) in [4.78, 5) is 19.1. The molecule has 0 radical (unpaired) electrons. The van der Waals surface area contributed by atoms with Crippen molar-refractivity contribution in [1.29, 1.82) is 0 Å². The minimum atomic E-state index is -3.91. The quantitative estimate of drug-likeness (QED) is 0.379. The summed E-state index contributed by atoms with van der Waals surface area (Å²) in [6.45, 7) is 3.38. The third-order valence-electron chi connectivity index (χ3n) is 6.47. The summed E-state index contributed by atoms with van der Waals surface area (Å²) in [5, 5.41) is 11.4. The monoisotopic (exact) mass is 597 g/mol. The van der Waals surface area contributed by atoms with E-state index in [9.17, 15) is 26.7 Å². The van der Waals surface area contributed by atoms with E-state index in [1.807, 2.05) is 6.92 Å². The van der Waals surface area contributed by atoms with Gasteiger partial charge in [-0.05, 0) is 36.6 Å². The van der Waals surface area contributed by atoms with E-state index in [1.165, 1.54) is 53.3 Å². The molecule has 0 saturated carbocycles. The number of aromatic nitrogens is 2. The predicted octanol–water partition coefficient (Wildman–Crippen LogP) is 1.82. The highest BCUT2D eigenvalue weighted by Crippen LogP contribution is 2.32. The molecule has 212 valence electrons. The summed E-state index contributed by atoms with van der Waals surface area (Å²) in [6.07, 6.45) is 2.13. The number of sulfonamides is 2. The van der Waals surface area contributed by atoms with Crippen LogP contribution in [0.25, 0.3) is 0 Å². The number of hydrogen-bond acceptors (Lipinski definition) is 9. The zero-order valence-electron chi connectivity index (χ0n) is 21.9. The molecule has 39 heavy (non-hydrogen) atoms. The van der Waals surface area contributed by atoms with E-state index in [-0.39, 0.29) is 51.8 Å². The number of ether oxygens (including phenoxy) is 1. The van der Waals surface area contributed by atoms with Crippen molar-refractivity contribution in [3.05, 3.63) is 53.8 Å². The molecular formula is C24H31N5O7S3. The van der Waals surface area contributed by atoms with Gasteiger partial charge in [0.05, 0.1) is 31.1 Å². The lowest BCUT2D eigenvalue weighted by atomic mass is 9.99. The van der Waals surface area contributed by atoms with Gasteiger partial charge in [-0.15, -0.1) is 11.3 Å². The first kappa shape index (κ1) is 29.0. The second-order valence-electron chi connectivity index (χ2n) is 9.53. The highest BCUT2D eigenvalue weighted by molar-refractivity contribution is 7.94. The number of aliphatic hydroxyl groups excluding tert-OH is 1. The molecule has 1 amide bonds. The Morgan fingerprint density at radius 3 is 2.64 bits per heavy atom. The zero-order chi connectivity index (χ0) is 28.5. The van der Waals surface area contributed by atoms with Crippen molar-refractivity contribution in [3.8, 4) is 5.75 Å². The molecule has 15 heteroatoms. The van der Waals surface area contributed by atoms with Crippen LogP contribution >= 0.6 is 11.3 Å². The Balaban J connectivity index is 1.68. The number of rotatable bonds is 9. The van der Waals surface area contributed by atoms with Crippen molar-refractivity contribution >= 4 is 43.0 Å². The van der Waals surface area contributed by atoms with Crippen LogP contribution in [0, 0.1) is 5.92 Å². The number of amides is 1. The largest absolute Gasteiger partial charge is 0.488 e. The van der Waals surface area contributed by atoms with Gasteiger partial charge >= 0.3 is 0 Å². The van der Waals surface area contributed by atoms with E-state index >= 15 is 0 Å². The molecule has 3 heterocycles. The molecule has 0 unspecified atom stereocenters. The number of nitrogens with zero attached hydrogens (tertiary/aromatic N) is 4. The Morgan fingerprint density at radius 1 is 1.28 bits per heavy atom. The van der Waals surface area contributed by atoms with Crippen molar-refractivity contribution in [1.82, 2.24) is 18.8 Å². The molecule has 0 saturated heterocycles. The molecule has 1 aliphatic rings. The number of carbonyl (C=O) groups is 1.